The maximum Gasteiger partial charge on any atom is 0.0353 e. The molecule has 1 nitrogen and oxygen atoms in total. The van der Waals surface area contributed by atoms with Gasteiger partial charge in [-0.3, -0.25) is 4.98 Å². The summed E-state index contributed by atoms with van der Waals surface area (Å²) in [4.78, 5) is 4.74. The largest absolute Gasteiger partial charge is 0.264 e. The predicted octanol–water partition coefficient (Wildman–Crippen LogP) is 15.3. The molecule has 8 aromatic carbocycles. The van der Waals surface area contributed by atoms with Crippen LogP contribution in [0.4, 0.5) is 0 Å². The first-order chi connectivity index (χ1) is 25.8. The van der Waals surface area contributed by atoms with Gasteiger partial charge in [-0.2, -0.15) is 0 Å². The molecule has 0 saturated carbocycles. The molecule has 0 aliphatic rings. The fourth-order valence-electron chi connectivity index (χ4n) is 8.61. The molecule has 0 fully saturated rings. The van der Waals surface area contributed by atoms with Crippen LogP contribution in [0.3, 0.4) is 0 Å². The van der Waals surface area contributed by atoms with Crippen LogP contribution in [0.5, 0.6) is 0 Å². The fourth-order valence-corrected chi connectivity index (χ4v) is 13.8. The second kappa shape index (κ2) is 11.8. The maximum absolute atomic E-state index is 4.74. The molecule has 0 aliphatic carbocycles. The number of nitrogens with zero attached hydrogens (tertiary/aromatic N) is 1. The van der Waals surface area contributed by atoms with Crippen LogP contribution >= 0.6 is 15.1 Å². The topological polar surface area (TPSA) is 12.9 Å². The lowest BCUT2D eigenvalue weighted by Crippen LogP contribution is -1.91. The zero-order valence-corrected chi connectivity index (χ0v) is 30.0. The zero-order valence-electron chi connectivity index (χ0n) is 28.2. The third kappa shape index (κ3) is 4.41. The van der Waals surface area contributed by atoms with Crippen molar-refractivity contribution in [2.75, 3.05) is 0 Å². The molecule has 52 heavy (non-hydrogen) atoms. The minimum Gasteiger partial charge on any atom is -0.264 e. The van der Waals surface area contributed by atoms with Crippen LogP contribution in [0.15, 0.2) is 188 Å². The number of hydrogen-bond donors (Lipinski definition) is 0. The number of pyridine rings is 1. The Morgan fingerprint density at radius 1 is 0.308 bits per heavy atom. The Labute approximate surface area is 303 Å². The van der Waals surface area contributed by atoms with Crippen LogP contribution in [-0.4, -0.2) is 4.98 Å². The van der Waals surface area contributed by atoms with Gasteiger partial charge in [-0.15, -0.1) is 0 Å². The van der Waals surface area contributed by atoms with Crippen LogP contribution in [0.25, 0.3) is 96.4 Å². The van der Waals surface area contributed by atoms with E-state index in [0.29, 0.717) is 0 Å². The summed E-state index contributed by atoms with van der Waals surface area (Å²) in [6.07, 6.45) is 4.03. The van der Waals surface area contributed by atoms with Crippen molar-refractivity contribution in [3.8, 4) is 32.9 Å². The van der Waals surface area contributed by atoms with Crippen LogP contribution in [-0.2, 0) is 0 Å². The second-order valence-electron chi connectivity index (χ2n) is 13.6. The predicted molar refractivity (Wildman–Crippen MR) is 228 cm³/mol. The number of hydrogen-bond acceptors (Lipinski definition) is 1. The standard InChI is InChI=1S/C49H31NP2/c1-3-13-34(14-4-1)51-44-21-11-9-17-36(44)41-29-32(23-25-46(41)51)48-38-19-7-8-20-39(38)49(43-31-50-28-27-40(43)48)33-24-26-47-42(30-33)37-18-10-12-22-45(37)52(47)35-15-5-2-6-16-35/h1-31H. The average Bonchev–Trinajstić information content (AvgIpc) is 3.73. The van der Waals surface area contributed by atoms with E-state index in [-0.39, 0.29) is 0 Å². The van der Waals surface area contributed by atoms with Gasteiger partial charge in [-0.1, -0.05) is 161 Å². The van der Waals surface area contributed by atoms with E-state index in [0.717, 1.165) is 0 Å². The molecule has 0 saturated heterocycles. The summed E-state index contributed by atoms with van der Waals surface area (Å²) in [6.45, 7) is 0. The summed E-state index contributed by atoms with van der Waals surface area (Å²) in [5.74, 6) is 0. The highest BCUT2D eigenvalue weighted by molar-refractivity contribution is 7.68. The van der Waals surface area contributed by atoms with E-state index in [2.05, 4.69) is 182 Å². The monoisotopic (exact) mass is 695 g/mol. The minimum atomic E-state index is -0.608. The highest BCUT2D eigenvalue weighted by Crippen LogP contribution is 2.57. The van der Waals surface area contributed by atoms with Crippen LogP contribution in [0, 0.1) is 0 Å². The van der Waals surface area contributed by atoms with Gasteiger partial charge < -0.3 is 0 Å². The number of fused-ring (bicyclic) bond motifs is 8. The number of aromatic nitrogens is 1. The Morgan fingerprint density at radius 3 is 1.23 bits per heavy atom. The van der Waals surface area contributed by atoms with E-state index >= 15 is 0 Å². The fraction of sp³-hybridized carbons (Fsp3) is 0. The van der Waals surface area contributed by atoms with Gasteiger partial charge in [0.1, 0.15) is 0 Å². The second-order valence-corrected chi connectivity index (χ2v) is 17.9. The van der Waals surface area contributed by atoms with Crippen molar-refractivity contribution in [3.05, 3.63) is 188 Å². The van der Waals surface area contributed by atoms with Crippen molar-refractivity contribution in [2.24, 2.45) is 0 Å². The van der Waals surface area contributed by atoms with Crippen molar-refractivity contribution in [1.82, 2.24) is 4.98 Å². The van der Waals surface area contributed by atoms with E-state index in [1.54, 1.807) is 0 Å². The molecule has 242 valence electrons. The van der Waals surface area contributed by atoms with Crippen LogP contribution in [0.2, 0.25) is 0 Å². The molecular formula is C49H31NP2. The maximum atomic E-state index is 4.74. The average molecular weight is 696 g/mol. The van der Waals surface area contributed by atoms with Crippen molar-refractivity contribution < 1.29 is 0 Å². The first-order valence-corrected chi connectivity index (χ1v) is 20.5. The highest BCUT2D eigenvalue weighted by atomic mass is 31.1. The zero-order chi connectivity index (χ0) is 34.2. The molecule has 2 atom stereocenters. The summed E-state index contributed by atoms with van der Waals surface area (Å²) < 4.78 is 0. The van der Waals surface area contributed by atoms with Crippen molar-refractivity contribution in [1.29, 1.82) is 0 Å². The molecule has 0 amide bonds. The molecule has 2 unspecified atom stereocenters. The van der Waals surface area contributed by atoms with Gasteiger partial charge in [0.15, 0.2) is 0 Å². The molecule has 3 heterocycles. The smallest absolute Gasteiger partial charge is 0.0353 e. The van der Waals surface area contributed by atoms with E-state index in [1.165, 1.54) is 96.4 Å². The van der Waals surface area contributed by atoms with Crippen molar-refractivity contribution >= 4 is 78.6 Å². The Hall–Kier alpha value is -5.97. The summed E-state index contributed by atoms with van der Waals surface area (Å²) in [6, 6.07) is 65.7. The first kappa shape index (κ1) is 29.7. The van der Waals surface area contributed by atoms with Crippen LogP contribution < -0.4 is 0 Å². The molecule has 0 N–H and O–H groups in total. The third-order valence-corrected chi connectivity index (χ3v) is 15.9. The van der Waals surface area contributed by atoms with Gasteiger partial charge in [-0.05, 0) is 101 Å². The summed E-state index contributed by atoms with van der Waals surface area (Å²) >= 11 is 0. The molecule has 3 aromatic heterocycles. The van der Waals surface area contributed by atoms with Gasteiger partial charge in [-0.25, -0.2) is 0 Å². The highest BCUT2D eigenvalue weighted by Gasteiger charge is 2.21. The molecule has 3 heteroatoms. The van der Waals surface area contributed by atoms with Gasteiger partial charge in [0.2, 0.25) is 0 Å². The Bertz CT molecular complexity index is 2900. The van der Waals surface area contributed by atoms with E-state index in [9.17, 15) is 0 Å². The summed E-state index contributed by atoms with van der Waals surface area (Å²) in [5, 5.41) is 18.9. The summed E-state index contributed by atoms with van der Waals surface area (Å²) in [7, 11) is -1.21. The first-order valence-electron chi connectivity index (χ1n) is 17.8. The SMILES string of the molecule is c1ccc(-p2c3ccccc3c3cc(-c4c5ccccc5c(-c5ccc6c(c5)c5ccccc5p6-c5ccccc5)c5cnccc45)ccc32)cc1. The van der Waals surface area contributed by atoms with Gasteiger partial charge in [0.05, 0.1) is 0 Å². The van der Waals surface area contributed by atoms with Crippen LogP contribution in [0.1, 0.15) is 0 Å². The molecule has 11 aromatic rings. The van der Waals surface area contributed by atoms with Gasteiger partial charge >= 0.3 is 0 Å². The van der Waals surface area contributed by atoms with E-state index in [4.69, 9.17) is 4.98 Å². The van der Waals surface area contributed by atoms with Gasteiger partial charge in [0.25, 0.3) is 0 Å². The molecular weight excluding hydrogens is 664 g/mol. The minimum absolute atomic E-state index is 0.606. The Morgan fingerprint density at radius 2 is 0.712 bits per heavy atom. The Kier molecular flexibility index (Phi) is 6.74. The summed E-state index contributed by atoms with van der Waals surface area (Å²) in [5.41, 5.74) is 4.99. The molecule has 0 bridgehead atoms. The normalized spacial score (nSPS) is 12.5. The quantitative estimate of drug-likeness (QED) is 0.167. The third-order valence-electron chi connectivity index (χ3n) is 10.8. The van der Waals surface area contributed by atoms with E-state index < -0.39 is 15.1 Å². The van der Waals surface area contributed by atoms with E-state index in [1.807, 2.05) is 6.20 Å². The Balaban J connectivity index is 1.18. The lowest BCUT2D eigenvalue weighted by atomic mass is 9.86. The van der Waals surface area contributed by atoms with Gasteiger partial charge in [0, 0.05) is 38.3 Å². The number of rotatable bonds is 4. The number of benzene rings is 8. The molecule has 0 spiro atoms. The lowest BCUT2D eigenvalue weighted by molar-refractivity contribution is 1.37. The lowest BCUT2D eigenvalue weighted by Gasteiger charge is -2.18. The molecule has 0 radical (unpaired) electrons. The molecule has 0 aliphatic heterocycles. The van der Waals surface area contributed by atoms with Crippen molar-refractivity contribution in [2.45, 2.75) is 0 Å². The van der Waals surface area contributed by atoms with Crippen molar-refractivity contribution in [3.63, 3.8) is 0 Å². The molecule has 11 rings (SSSR count).